The van der Waals surface area contributed by atoms with Crippen molar-refractivity contribution in [1.29, 1.82) is 5.26 Å². The van der Waals surface area contributed by atoms with Crippen LogP contribution in [0.4, 0.5) is 4.79 Å². The Morgan fingerprint density at radius 2 is 2.02 bits per heavy atom. The van der Waals surface area contributed by atoms with Gasteiger partial charge in [-0.2, -0.15) is 5.26 Å². The van der Waals surface area contributed by atoms with Crippen molar-refractivity contribution in [2.75, 3.05) is 26.7 Å². The Kier molecular flexibility index (Phi) is 9.11. The van der Waals surface area contributed by atoms with Gasteiger partial charge in [0, 0.05) is 44.3 Å². The number of nitrogens with zero attached hydrogens (tertiary/aromatic N) is 3. The van der Waals surface area contributed by atoms with Crippen LogP contribution in [-0.2, 0) is 20.7 Å². The van der Waals surface area contributed by atoms with E-state index in [-0.39, 0.29) is 30.4 Å². The van der Waals surface area contributed by atoms with E-state index in [9.17, 15) is 24.4 Å². The molecule has 3 amide bonds. The van der Waals surface area contributed by atoms with Gasteiger partial charge in [0.2, 0.25) is 5.91 Å². The summed E-state index contributed by atoms with van der Waals surface area (Å²) in [6, 6.07) is 6.14. The van der Waals surface area contributed by atoms with Gasteiger partial charge in [-0.15, -0.1) is 0 Å². The summed E-state index contributed by atoms with van der Waals surface area (Å²) in [5, 5.41) is 18.6. The molecule has 4 rings (SSSR count). The summed E-state index contributed by atoms with van der Waals surface area (Å²) in [4.78, 5) is 53.8. The number of carbonyl (C=O) groups excluding carboxylic acids is 4. The summed E-state index contributed by atoms with van der Waals surface area (Å²) in [6.45, 7) is 6.34. The maximum absolute atomic E-state index is 13.5. The van der Waals surface area contributed by atoms with Crippen molar-refractivity contribution in [3.05, 3.63) is 34.9 Å². The van der Waals surface area contributed by atoms with E-state index in [2.05, 4.69) is 22.0 Å². The van der Waals surface area contributed by atoms with Crippen LogP contribution in [0.3, 0.4) is 0 Å². The van der Waals surface area contributed by atoms with Crippen LogP contribution in [0.15, 0.2) is 18.2 Å². The zero-order valence-electron chi connectivity index (χ0n) is 23.7. The van der Waals surface area contributed by atoms with Gasteiger partial charge in [-0.3, -0.25) is 14.5 Å². The van der Waals surface area contributed by atoms with E-state index < -0.39 is 29.8 Å². The van der Waals surface area contributed by atoms with Gasteiger partial charge in [0.25, 0.3) is 5.91 Å². The highest BCUT2D eigenvalue weighted by atomic mass is 16.6. The minimum Gasteiger partial charge on any atom is -0.444 e. The van der Waals surface area contributed by atoms with Crippen molar-refractivity contribution in [3.8, 4) is 6.07 Å². The number of ether oxygens (including phenoxy) is 1. The van der Waals surface area contributed by atoms with Crippen molar-refractivity contribution in [1.82, 2.24) is 25.8 Å². The van der Waals surface area contributed by atoms with Gasteiger partial charge in [-0.1, -0.05) is 6.07 Å². The first-order chi connectivity index (χ1) is 19.0. The van der Waals surface area contributed by atoms with Gasteiger partial charge in [0.05, 0.1) is 12.1 Å². The average Bonchev–Trinajstić information content (AvgIpc) is 3.64. The molecule has 1 aliphatic carbocycles. The number of fused-ring (bicyclic) bond motifs is 1. The topological polar surface area (TPSA) is 144 Å². The van der Waals surface area contributed by atoms with Crippen LogP contribution in [0.5, 0.6) is 0 Å². The van der Waals surface area contributed by atoms with Gasteiger partial charge in [-0.25, -0.2) is 4.79 Å². The molecule has 11 nitrogen and oxygen atoms in total. The van der Waals surface area contributed by atoms with Crippen molar-refractivity contribution < 1.29 is 23.9 Å². The number of rotatable bonds is 8. The lowest BCUT2D eigenvalue weighted by Gasteiger charge is -2.31. The summed E-state index contributed by atoms with van der Waals surface area (Å²) >= 11 is 0. The molecule has 2 heterocycles. The van der Waals surface area contributed by atoms with Crippen molar-refractivity contribution in [2.45, 2.75) is 88.7 Å². The van der Waals surface area contributed by atoms with E-state index in [1.807, 2.05) is 23.1 Å². The second kappa shape index (κ2) is 12.4. The van der Waals surface area contributed by atoms with Crippen LogP contribution < -0.4 is 16.0 Å². The second-order valence-electron chi connectivity index (χ2n) is 11.9. The highest BCUT2D eigenvalue weighted by Crippen LogP contribution is 2.33. The number of benzene rings is 1. The maximum Gasteiger partial charge on any atom is 0.408 e. The molecule has 11 heteroatoms. The van der Waals surface area contributed by atoms with Crippen molar-refractivity contribution in [3.63, 3.8) is 0 Å². The number of nitriles is 1. The molecule has 40 heavy (non-hydrogen) atoms. The molecule has 3 N–H and O–H groups in total. The largest absolute Gasteiger partial charge is 0.444 e. The molecule has 0 saturated carbocycles. The number of aldehydes is 1. The Morgan fingerprint density at radius 3 is 2.70 bits per heavy atom. The van der Waals surface area contributed by atoms with E-state index in [0.29, 0.717) is 31.5 Å². The van der Waals surface area contributed by atoms with E-state index in [4.69, 9.17) is 4.74 Å². The van der Waals surface area contributed by atoms with Crippen LogP contribution in [0.2, 0.25) is 0 Å². The predicted octanol–water partition coefficient (Wildman–Crippen LogP) is 1.67. The third-order valence-electron chi connectivity index (χ3n) is 7.84. The van der Waals surface area contributed by atoms with Crippen molar-refractivity contribution >= 4 is 24.2 Å². The zero-order chi connectivity index (χ0) is 29.0. The highest BCUT2D eigenvalue weighted by molar-refractivity contribution is 5.94. The number of nitrogens with one attached hydrogen (secondary N) is 3. The van der Waals surface area contributed by atoms with Crippen LogP contribution in [-0.4, -0.2) is 90.4 Å². The number of hydrogen-bond acceptors (Lipinski definition) is 8. The molecular formula is C29H40N6O5. The number of carbonyl (C=O) groups is 4. The van der Waals surface area contributed by atoms with Crippen LogP contribution in [0.1, 0.15) is 74.0 Å². The fourth-order valence-corrected chi connectivity index (χ4v) is 6.00. The maximum atomic E-state index is 13.5. The first-order valence-electron chi connectivity index (χ1n) is 14.0. The Bertz CT molecular complexity index is 1170. The third kappa shape index (κ3) is 6.80. The van der Waals surface area contributed by atoms with E-state index in [1.165, 1.54) is 4.90 Å². The molecule has 5 atom stereocenters. The summed E-state index contributed by atoms with van der Waals surface area (Å²) in [5.74, 6) is -0.453. The van der Waals surface area contributed by atoms with E-state index >= 15 is 0 Å². The minimum absolute atomic E-state index is 0.000638. The molecule has 0 radical (unpaired) electrons. The van der Waals surface area contributed by atoms with Crippen molar-refractivity contribution in [2.24, 2.45) is 0 Å². The third-order valence-corrected chi connectivity index (χ3v) is 7.84. The molecule has 2 aliphatic heterocycles. The first-order valence-corrected chi connectivity index (χ1v) is 14.0. The monoisotopic (exact) mass is 552 g/mol. The fraction of sp³-hybridized carbons (Fsp3) is 0.621. The fourth-order valence-electron chi connectivity index (χ4n) is 6.00. The molecule has 1 aromatic carbocycles. The quantitative estimate of drug-likeness (QED) is 0.413. The smallest absolute Gasteiger partial charge is 0.408 e. The average molecular weight is 553 g/mol. The Labute approximate surface area is 235 Å². The van der Waals surface area contributed by atoms with E-state index in [1.54, 1.807) is 27.8 Å². The summed E-state index contributed by atoms with van der Waals surface area (Å²) in [7, 11) is 1.61. The van der Waals surface area contributed by atoms with Crippen LogP contribution in [0, 0.1) is 11.3 Å². The molecule has 2 fully saturated rings. The lowest BCUT2D eigenvalue weighted by molar-refractivity contribution is -0.134. The Balaban J connectivity index is 1.45. The second-order valence-corrected chi connectivity index (χ2v) is 11.9. The molecule has 0 aromatic heterocycles. The van der Waals surface area contributed by atoms with Gasteiger partial charge < -0.3 is 30.4 Å². The Hall–Kier alpha value is -3.49. The van der Waals surface area contributed by atoms with Gasteiger partial charge >= 0.3 is 6.09 Å². The van der Waals surface area contributed by atoms with Crippen LogP contribution >= 0.6 is 0 Å². The normalized spacial score (nSPS) is 25.1. The van der Waals surface area contributed by atoms with Crippen LogP contribution in [0.25, 0.3) is 0 Å². The molecule has 2 saturated heterocycles. The van der Waals surface area contributed by atoms with Gasteiger partial charge in [0.15, 0.2) is 0 Å². The summed E-state index contributed by atoms with van der Waals surface area (Å²) in [6.07, 6.45) is 3.82. The number of likely N-dealkylation sites (tertiary alicyclic amines) is 2. The summed E-state index contributed by atoms with van der Waals surface area (Å²) in [5.41, 5.74) is 2.20. The van der Waals surface area contributed by atoms with Gasteiger partial charge in [0.1, 0.15) is 24.0 Å². The number of alkyl carbamates (subject to hydrolysis) is 1. The molecule has 216 valence electrons. The summed E-state index contributed by atoms with van der Waals surface area (Å²) < 4.78 is 5.41. The Morgan fingerprint density at radius 1 is 1.25 bits per heavy atom. The molecule has 3 aliphatic rings. The lowest BCUT2D eigenvalue weighted by atomic mass is 10.0. The predicted molar refractivity (Wildman–Crippen MR) is 147 cm³/mol. The van der Waals surface area contributed by atoms with Gasteiger partial charge in [-0.05, 0) is 76.1 Å². The number of amides is 3. The number of hydrogen-bond donors (Lipinski definition) is 3. The zero-order valence-corrected chi connectivity index (χ0v) is 23.7. The lowest BCUT2D eigenvalue weighted by Crippen LogP contribution is -2.56. The molecular weight excluding hydrogens is 512 g/mol. The SMILES string of the molecule is CNC(=O)c1ccc2c(c1)CCC2N[C@H]1CC(C=O)N(CC(NC(=O)OC(C)(C)C)C(=O)N2CCCC2C#N)C1. The van der Waals surface area contributed by atoms with E-state index in [0.717, 1.165) is 36.7 Å². The molecule has 0 bridgehead atoms. The molecule has 4 unspecified atom stereocenters. The minimum atomic E-state index is -0.958. The highest BCUT2D eigenvalue weighted by Gasteiger charge is 2.40. The molecule has 0 spiro atoms. The standard InChI is InChI=1S/C29H40N6O5/c1-29(2,3)40-28(39)33-25(27(38)35-11-5-6-21(35)14-30)16-34-15-20(13-22(34)17-36)32-24-10-8-18-12-19(26(37)31-4)7-9-23(18)24/h7,9,12,17,20-22,24-25,32H,5-6,8,10-11,13,15-16H2,1-4H3,(H,31,37)(H,33,39)/t20-,21?,22?,24?,25?/m0/s1. The molecule has 1 aromatic rings. The number of aryl methyl sites for hydroxylation is 1. The first kappa shape index (κ1) is 29.5.